The van der Waals surface area contributed by atoms with Gasteiger partial charge in [0.1, 0.15) is 5.82 Å². The second-order valence-corrected chi connectivity index (χ2v) is 11.1. The van der Waals surface area contributed by atoms with Gasteiger partial charge in [-0.25, -0.2) is 15.0 Å². The van der Waals surface area contributed by atoms with E-state index in [9.17, 15) is 0 Å². The Bertz CT molecular complexity index is 1260. The van der Waals surface area contributed by atoms with Gasteiger partial charge >= 0.3 is 0 Å². The number of pyridine rings is 1. The molecule has 1 unspecified atom stereocenters. The number of rotatable bonds is 7. The van der Waals surface area contributed by atoms with Crippen LogP contribution in [0.25, 0.3) is 11.3 Å². The summed E-state index contributed by atoms with van der Waals surface area (Å²) in [5.41, 5.74) is 5.43. The van der Waals surface area contributed by atoms with E-state index in [-0.39, 0.29) is 6.10 Å². The summed E-state index contributed by atoms with van der Waals surface area (Å²) in [7, 11) is 6.39. The highest BCUT2D eigenvalue weighted by atomic mass is 16.5. The SMILES string of the molecule is Cc1cc(Nc2nccc(-c3ccc(N4CCOC(CN(C)C)C4)nc3)n2)ccc1N1C[C@@H]2C[C@H]1CN2C. The summed E-state index contributed by atoms with van der Waals surface area (Å²) in [6, 6.07) is 14.0. The average Bonchev–Trinajstić information content (AvgIpc) is 3.48. The lowest BCUT2D eigenvalue weighted by Crippen LogP contribution is -2.46. The number of anilines is 4. The van der Waals surface area contributed by atoms with Crippen molar-refractivity contribution in [2.75, 3.05) is 75.6 Å². The van der Waals surface area contributed by atoms with Gasteiger partial charge < -0.3 is 24.8 Å². The number of likely N-dealkylation sites (tertiary alicyclic amines) is 1. The Balaban J connectivity index is 1.12. The van der Waals surface area contributed by atoms with Crippen molar-refractivity contribution in [1.82, 2.24) is 24.8 Å². The number of aryl methyl sites for hydroxylation is 1. The van der Waals surface area contributed by atoms with E-state index < -0.39 is 0 Å². The largest absolute Gasteiger partial charge is 0.373 e. The molecular formula is C29H38N8O. The molecular weight excluding hydrogens is 476 g/mol. The minimum Gasteiger partial charge on any atom is -0.373 e. The van der Waals surface area contributed by atoms with Gasteiger partial charge in [-0.05, 0) is 76.4 Å². The molecule has 38 heavy (non-hydrogen) atoms. The molecule has 0 amide bonds. The Labute approximate surface area is 225 Å². The fraction of sp³-hybridized carbons (Fsp3) is 0.483. The van der Waals surface area contributed by atoms with Crippen molar-refractivity contribution in [2.45, 2.75) is 31.5 Å². The smallest absolute Gasteiger partial charge is 0.227 e. The summed E-state index contributed by atoms with van der Waals surface area (Å²) in [4.78, 5) is 23.5. The highest BCUT2D eigenvalue weighted by Crippen LogP contribution is 2.36. The van der Waals surface area contributed by atoms with Crippen LogP contribution in [0.3, 0.4) is 0 Å². The van der Waals surface area contributed by atoms with Gasteiger partial charge in [0.2, 0.25) is 5.95 Å². The van der Waals surface area contributed by atoms with Gasteiger partial charge in [-0.1, -0.05) is 0 Å². The molecule has 200 valence electrons. The van der Waals surface area contributed by atoms with Crippen LogP contribution in [0.2, 0.25) is 0 Å². The molecule has 9 heteroatoms. The van der Waals surface area contributed by atoms with Gasteiger partial charge in [-0.2, -0.15) is 0 Å². The zero-order valence-electron chi connectivity index (χ0n) is 22.8. The molecule has 1 N–H and O–H groups in total. The molecule has 0 saturated carbocycles. The molecule has 0 aliphatic carbocycles. The van der Waals surface area contributed by atoms with Crippen LogP contribution in [0.1, 0.15) is 12.0 Å². The summed E-state index contributed by atoms with van der Waals surface area (Å²) in [5.74, 6) is 1.56. The van der Waals surface area contributed by atoms with Gasteiger partial charge in [0.05, 0.1) is 18.4 Å². The second-order valence-electron chi connectivity index (χ2n) is 11.1. The Morgan fingerprint density at radius 1 is 1.05 bits per heavy atom. The maximum absolute atomic E-state index is 5.91. The van der Waals surface area contributed by atoms with E-state index in [0.29, 0.717) is 18.0 Å². The number of likely N-dealkylation sites (N-methyl/N-ethyl adjacent to an activating group) is 2. The molecule has 3 aliphatic rings. The van der Waals surface area contributed by atoms with E-state index in [0.717, 1.165) is 62.1 Å². The molecule has 2 aromatic heterocycles. The summed E-state index contributed by atoms with van der Waals surface area (Å²) < 4.78 is 5.91. The maximum Gasteiger partial charge on any atom is 0.227 e. The highest BCUT2D eigenvalue weighted by Gasteiger charge is 2.41. The normalized spacial score (nSPS) is 23.4. The molecule has 6 rings (SSSR count). The van der Waals surface area contributed by atoms with Crippen molar-refractivity contribution < 1.29 is 4.74 Å². The summed E-state index contributed by atoms with van der Waals surface area (Å²) >= 11 is 0. The number of hydrogen-bond donors (Lipinski definition) is 1. The average molecular weight is 515 g/mol. The van der Waals surface area contributed by atoms with Crippen molar-refractivity contribution in [3.05, 3.63) is 54.4 Å². The molecule has 3 saturated heterocycles. The van der Waals surface area contributed by atoms with Crippen molar-refractivity contribution in [1.29, 1.82) is 0 Å². The molecule has 3 atom stereocenters. The van der Waals surface area contributed by atoms with E-state index in [4.69, 9.17) is 14.7 Å². The topological polar surface area (TPSA) is 72.9 Å². The van der Waals surface area contributed by atoms with E-state index in [1.807, 2.05) is 12.3 Å². The van der Waals surface area contributed by atoms with Crippen molar-refractivity contribution in [2.24, 2.45) is 0 Å². The predicted octanol–water partition coefficient (Wildman–Crippen LogP) is 3.25. The Morgan fingerprint density at radius 2 is 1.95 bits per heavy atom. The lowest BCUT2D eigenvalue weighted by molar-refractivity contribution is 0.0245. The predicted molar refractivity (Wildman–Crippen MR) is 152 cm³/mol. The van der Waals surface area contributed by atoms with Crippen molar-refractivity contribution in [3.63, 3.8) is 0 Å². The lowest BCUT2D eigenvalue weighted by Gasteiger charge is -2.34. The first kappa shape index (κ1) is 25.0. The number of fused-ring (bicyclic) bond motifs is 2. The van der Waals surface area contributed by atoms with Crippen LogP contribution in [0.4, 0.5) is 23.1 Å². The van der Waals surface area contributed by atoms with Gasteiger partial charge in [-0.3, -0.25) is 4.90 Å². The maximum atomic E-state index is 5.91. The molecule has 0 spiro atoms. The zero-order chi connectivity index (χ0) is 26.2. The Kier molecular flexibility index (Phi) is 6.90. The van der Waals surface area contributed by atoms with Crippen LogP contribution in [-0.4, -0.2) is 103 Å². The van der Waals surface area contributed by atoms with Crippen LogP contribution >= 0.6 is 0 Å². The van der Waals surface area contributed by atoms with Gasteiger partial charge in [-0.15, -0.1) is 0 Å². The summed E-state index contributed by atoms with van der Waals surface area (Å²) in [6.07, 6.45) is 5.17. The quantitative estimate of drug-likeness (QED) is 0.512. The van der Waals surface area contributed by atoms with Crippen molar-refractivity contribution >= 4 is 23.1 Å². The third-order valence-electron chi connectivity index (χ3n) is 8.01. The van der Waals surface area contributed by atoms with Crippen LogP contribution < -0.4 is 15.1 Å². The highest BCUT2D eigenvalue weighted by molar-refractivity contribution is 5.66. The first-order valence-electron chi connectivity index (χ1n) is 13.6. The fourth-order valence-electron chi connectivity index (χ4n) is 6.09. The van der Waals surface area contributed by atoms with Crippen LogP contribution in [0.15, 0.2) is 48.8 Å². The molecule has 9 nitrogen and oxygen atoms in total. The van der Waals surface area contributed by atoms with Gasteiger partial charge in [0, 0.05) is 74.1 Å². The number of ether oxygens (including phenoxy) is 1. The lowest BCUT2D eigenvalue weighted by atomic mass is 10.1. The van der Waals surface area contributed by atoms with Gasteiger partial charge in [0.15, 0.2) is 0 Å². The van der Waals surface area contributed by atoms with Crippen LogP contribution in [0, 0.1) is 6.92 Å². The number of nitrogens with zero attached hydrogens (tertiary/aromatic N) is 7. The van der Waals surface area contributed by atoms with E-state index in [1.165, 1.54) is 17.7 Å². The molecule has 2 bridgehead atoms. The Morgan fingerprint density at radius 3 is 2.66 bits per heavy atom. The summed E-state index contributed by atoms with van der Waals surface area (Å²) in [5, 5.41) is 3.40. The molecule has 3 aromatic rings. The fourth-order valence-corrected chi connectivity index (χ4v) is 6.09. The van der Waals surface area contributed by atoms with Crippen molar-refractivity contribution in [3.8, 4) is 11.3 Å². The molecule has 1 aromatic carbocycles. The molecule has 3 fully saturated rings. The van der Waals surface area contributed by atoms with Gasteiger partial charge in [0.25, 0.3) is 0 Å². The number of morpholine rings is 1. The second kappa shape index (κ2) is 10.5. The van der Waals surface area contributed by atoms with Crippen LogP contribution in [-0.2, 0) is 4.74 Å². The zero-order valence-corrected chi connectivity index (χ0v) is 22.8. The number of nitrogens with one attached hydrogen (secondary N) is 1. The standard InChI is InChI=1S/C29H38N8O/c1-20-13-22(6-7-27(20)37-17-23-14-24(37)16-35(23)4)32-29-30-10-9-26(33-29)21-5-8-28(31-15-21)36-11-12-38-25(19-36)18-34(2)3/h5-10,13,15,23-25H,11-12,14,16-19H2,1-4H3,(H,30,32,33)/t23-,24-,25?/m0/s1. The number of piperazine rings is 1. The van der Waals surface area contributed by atoms with E-state index in [1.54, 1.807) is 6.20 Å². The third-order valence-corrected chi connectivity index (χ3v) is 8.01. The van der Waals surface area contributed by atoms with Crippen LogP contribution in [0.5, 0.6) is 0 Å². The first-order valence-corrected chi connectivity index (χ1v) is 13.6. The minimum absolute atomic E-state index is 0.195. The molecule has 5 heterocycles. The number of aromatic nitrogens is 3. The minimum atomic E-state index is 0.195. The first-order chi connectivity index (χ1) is 18.4. The number of benzene rings is 1. The molecule has 3 aliphatic heterocycles. The molecule has 0 radical (unpaired) electrons. The van der Waals surface area contributed by atoms with E-state index in [2.05, 4.69) is 88.3 Å². The number of hydrogen-bond acceptors (Lipinski definition) is 9. The monoisotopic (exact) mass is 514 g/mol. The third kappa shape index (κ3) is 5.18. The Hall–Kier alpha value is -3.27. The summed E-state index contributed by atoms with van der Waals surface area (Å²) in [6.45, 7) is 7.80. The van der Waals surface area contributed by atoms with E-state index >= 15 is 0 Å².